The Hall–Kier alpha value is -1.29. The van der Waals surface area contributed by atoms with Crippen LogP contribution in [0.4, 0.5) is 11.4 Å². The highest BCUT2D eigenvalue weighted by atomic mass is 35.5. The molecule has 1 rings (SSSR count). The SMILES string of the molecule is CC(C)C(C)(C)CNc1ccc([N+](=O)[O-])cc1Cl. The minimum absolute atomic E-state index is 0.00803. The molecule has 0 saturated heterocycles. The van der Waals surface area contributed by atoms with Crippen molar-refractivity contribution in [1.82, 2.24) is 0 Å². The van der Waals surface area contributed by atoms with E-state index >= 15 is 0 Å². The van der Waals surface area contributed by atoms with Gasteiger partial charge in [-0.3, -0.25) is 10.1 Å². The Morgan fingerprint density at radius 1 is 1.44 bits per heavy atom. The minimum Gasteiger partial charge on any atom is -0.383 e. The Kier molecular flexibility index (Phi) is 4.57. The summed E-state index contributed by atoms with van der Waals surface area (Å²) in [5, 5.41) is 14.2. The summed E-state index contributed by atoms with van der Waals surface area (Å²) in [5.74, 6) is 0.529. The maximum absolute atomic E-state index is 10.6. The molecule has 0 heterocycles. The zero-order chi connectivity index (χ0) is 13.9. The Balaban J connectivity index is 2.78. The number of halogens is 1. The second kappa shape index (κ2) is 5.57. The number of nitrogens with zero attached hydrogens (tertiary/aromatic N) is 1. The maximum atomic E-state index is 10.6. The van der Waals surface area contributed by atoms with Gasteiger partial charge >= 0.3 is 0 Å². The molecule has 0 fully saturated rings. The lowest BCUT2D eigenvalue weighted by molar-refractivity contribution is -0.384. The number of hydrogen-bond acceptors (Lipinski definition) is 3. The van der Waals surface area contributed by atoms with Gasteiger partial charge in [-0.1, -0.05) is 39.3 Å². The summed E-state index contributed by atoms with van der Waals surface area (Å²) in [5.41, 5.74) is 0.870. The van der Waals surface area contributed by atoms with Gasteiger partial charge in [-0.2, -0.15) is 0 Å². The van der Waals surface area contributed by atoms with E-state index < -0.39 is 4.92 Å². The van der Waals surface area contributed by atoms with Gasteiger partial charge in [0.1, 0.15) is 0 Å². The van der Waals surface area contributed by atoms with Gasteiger partial charge in [0.15, 0.2) is 0 Å². The highest BCUT2D eigenvalue weighted by Crippen LogP contribution is 2.30. The number of non-ortho nitro benzene ring substituents is 1. The van der Waals surface area contributed by atoms with Crippen LogP contribution in [0.2, 0.25) is 5.02 Å². The second-order valence-corrected chi connectivity index (χ2v) is 5.83. The third-order valence-corrected chi connectivity index (χ3v) is 3.77. The molecule has 100 valence electrons. The van der Waals surface area contributed by atoms with Gasteiger partial charge in [0.2, 0.25) is 0 Å². The minimum atomic E-state index is -0.451. The van der Waals surface area contributed by atoms with Crippen LogP contribution in [0, 0.1) is 21.4 Å². The number of benzene rings is 1. The summed E-state index contributed by atoms with van der Waals surface area (Å²) in [6.07, 6.45) is 0. The average molecular weight is 271 g/mol. The highest BCUT2D eigenvalue weighted by molar-refractivity contribution is 6.33. The molecule has 0 unspecified atom stereocenters. The van der Waals surface area contributed by atoms with E-state index in [1.807, 2.05) is 0 Å². The quantitative estimate of drug-likeness (QED) is 0.639. The lowest BCUT2D eigenvalue weighted by atomic mass is 9.81. The van der Waals surface area contributed by atoms with Crippen LogP contribution in [0.1, 0.15) is 27.7 Å². The topological polar surface area (TPSA) is 55.2 Å². The zero-order valence-corrected chi connectivity index (χ0v) is 11.9. The number of nitro benzene ring substituents is 1. The van der Waals surface area contributed by atoms with Crippen molar-refractivity contribution in [2.24, 2.45) is 11.3 Å². The maximum Gasteiger partial charge on any atom is 0.271 e. The zero-order valence-electron chi connectivity index (χ0n) is 11.2. The van der Waals surface area contributed by atoms with Crippen LogP contribution in [0.25, 0.3) is 0 Å². The van der Waals surface area contributed by atoms with E-state index in [0.29, 0.717) is 10.9 Å². The summed E-state index contributed by atoms with van der Waals surface area (Å²) >= 11 is 6.01. The molecule has 1 aromatic carbocycles. The summed E-state index contributed by atoms with van der Waals surface area (Å²) in [6, 6.07) is 4.47. The predicted molar refractivity (Wildman–Crippen MR) is 75.2 cm³/mol. The first-order valence-corrected chi connectivity index (χ1v) is 6.29. The fourth-order valence-electron chi connectivity index (χ4n) is 1.29. The highest BCUT2D eigenvalue weighted by Gasteiger charge is 2.22. The Labute approximate surface area is 112 Å². The molecule has 5 heteroatoms. The first-order valence-electron chi connectivity index (χ1n) is 5.92. The lowest BCUT2D eigenvalue weighted by Crippen LogP contribution is -2.28. The average Bonchev–Trinajstić information content (AvgIpc) is 2.26. The molecular weight excluding hydrogens is 252 g/mol. The number of nitrogens with one attached hydrogen (secondary N) is 1. The van der Waals surface area contributed by atoms with Crippen LogP contribution >= 0.6 is 11.6 Å². The molecule has 0 aromatic heterocycles. The van der Waals surface area contributed by atoms with Crippen LogP contribution < -0.4 is 5.32 Å². The number of nitro groups is 1. The molecule has 1 N–H and O–H groups in total. The molecule has 0 atom stereocenters. The van der Waals surface area contributed by atoms with Crippen molar-refractivity contribution in [3.05, 3.63) is 33.3 Å². The van der Waals surface area contributed by atoms with Gasteiger partial charge < -0.3 is 5.32 Å². The molecule has 0 bridgehead atoms. The van der Waals surface area contributed by atoms with Crippen molar-refractivity contribution in [3.8, 4) is 0 Å². The Morgan fingerprint density at radius 3 is 2.50 bits per heavy atom. The van der Waals surface area contributed by atoms with Gasteiger partial charge in [-0.05, 0) is 17.4 Å². The van der Waals surface area contributed by atoms with E-state index in [-0.39, 0.29) is 11.1 Å². The van der Waals surface area contributed by atoms with Crippen molar-refractivity contribution in [2.75, 3.05) is 11.9 Å². The van der Waals surface area contributed by atoms with E-state index in [2.05, 4.69) is 33.0 Å². The summed E-state index contributed by atoms with van der Waals surface area (Å²) in [6.45, 7) is 9.44. The molecule has 4 nitrogen and oxygen atoms in total. The largest absolute Gasteiger partial charge is 0.383 e. The lowest BCUT2D eigenvalue weighted by Gasteiger charge is -2.30. The third-order valence-electron chi connectivity index (χ3n) is 3.46. The van der Waals surface area contributed by atoms with Crippen LogP contribution in [0.5, 0.6) is 0 Å². The number of anilines is 1. The molecule has 0 spiro atoms. The molecule has 0 radical (unpaired) electrons. The molecule has 18 heavy (non-hydrogen) atoms. The standard InChI is InChI=1S/C13H19ClN2O2/c1-9(2)13(3,4)8-15-12-6-5-10(16(17)18)7-11(12)14/h5-7,9,15H,8H2,1-4H3. The van der Waals surface area contributed by atoms with Gasteiger partial charge in [0.25, 0.3) is 5.69 Å². The van der Waals surface area contributed by atoms with Gasteiger partial charge in [0.05, 0.1) is 15.6 Å². The summed E-state index contributed by atoms with van der Waals surface area (Å²) in [4.78, 5) is 10.1. The molecule has 1 aromatic rings. The summed E-state index contributed by atoms with van der Waals surface area (Å²) in [7, 11) is 0. The first kappa shape index (κ1) is 14.8. The van der Waals surface area contributed by atoms with Crippen molar-refractivity contribution in [1.29, 1.82) is 0 Å². The summed E-state index contributed by atoms with van der Waals surface area (Å²) < 4.78 is 0. The van der Waals surface area contributed by atoms with Crippen molar-refractivity contribution < 1.29 is 4.92 Å². The molecule has 0 aliphatic heterocycles. The third kappa shape index (κ3) is 3.60. The van der Waals surface area contributed by atoms with E-state index in [9.17, 15) is 10.1 Å². The second-order valence-electron chi connectivity index (χ2n) is 5.42. The van der Waals surface area contributed by atoms with Crippen molar-refractivity contribution >= 4 is 23.0 Å². The van der Waals surface area contributed by atoms with E-state index in [0.717, 1.165) is 12.2 Å². The van der Waals surface area contributed by atoms with Crippen LogP contribution in [0.15, 0.2) is 18.2 Å². The smallest absolute Gasteiger partial charge is 0.271 e. The molecule has 0 amide bonds. The molecular formula is C13H19ClN2O2. The molecule has 0 aliphatic carbocycles. The van der Waals surface area contributed by atoms with E-state index in [1.165, 1.54) is 12.1 Å². The van der Waals surface area contributed by atoms with E-state index in [1.54, 1.807) is 6.07 Å². The van der Waals surface area contributed by atoms with Crippen LogP contribution in [0.3, 0.4) is 0 Å². The van der Waals surface area contributed by atoms with Crippen LogP contribution in [-0.4, -0.2) is 11.5 Å². The van der Waals surface area contributed by atoms with E-state index in [4.69, 9.17) is 11.6 Å². The Morgan fingerprint density at radius 2 is 2.06 bits per heavy atom. The number of rotatable bonds is 5. The predicted octanol–water partition coefficient (Wildman–Crippen LogP) is 4.34. The monoisotopic (exact) mass is 270 g/mol. The first-order chi connectivity index (χ1) is 8.24. The fourth-order valence-corrected chi connectivity index (χ4v) is 1.53. The molecule has 0 aliphatic rings. The van der Waals surface area contributed by atoms with Crippen molar-refractivity contribution in [2.45, 2.75) is 27.7 Å². The number of hydrogen-bond donors (Lipinski definition) is 1. The Bertz CT molecular complexity index is 445. The van der Waals surface area contributed by atoms with Gasteiger partial charge in [0, 0.05) is 18.7 Å². The van der Waals surface area contributed by atoms with Crippen molar-refractivity contribution in [3.63, 3.8) is 0 Å². The normalized spacial score (nSPS) is 11.7. The fraction of sp³-hybridized carbons (Fsp3) is 0.538. The van der Waals surface area contributed by atoms with Crippen LogP contribution in [-0.2, 0) is 0 Å². The van der Waals surface area contributed by atoms with Gasteiger partial charge in [-0.15, -0.1) is 0 Å². The van der Waals surface area contributed by atoms with Gasteiger partial charge in [-0.25, -0.2) is 0 Å². The molecule has 0 saturated carbocycles.